The van der Waals surface area contributed by atoms with Crippen molar-refractivity contribution in [1.82, 2.24) is 14.8 Å². The third kappa shape index (κ3) is 5.35. The van der Waals surface area contributed by atoms with Crippen LogP contribution >= 0.6 is 11.8 Å². The Morgan fingerprint density at radius 2 is 1.86 bits per heavy atom. The van der Waals surface area contributed by atoms with E-state index in [1.54, 1.807) is 23.7 Å². The van der Waals surface area contributed by atoms with Crippen LogP contribution in [0.5, 0.6) is 0 Å². The zero-order chi connectivity index (χ0) is 35.9. The molecule has 5 aliphatic rings. The average Bonchev–Trinajstić information content (AvgIpc) is 3.48. The fourth-order valence-corrected chi connectivity index (χ4v) is 13.0. The van der Waals surface area contributed by atoms with Gasteiger partial charge in [0.1, 0.15) is 6.33 Å². The molecular formula is C40H66N4O4S. The quantitative estimate of drug-likeness (QED) is 0.186. The normalized spacial score (nSPS) is 43.6. The minimum atomic E-state index is -0.612. The van der Waals surface area contributed by atoms with Crippen LogP contribution in [0.1, 0.15) is 121 Å². The first kappa shape index (κ1) is 37.3. The zero-order valence-electron chi connectivity index (χ0n) is 32.3. The highest BCUT2D eigenvalue weighted by Gasteiger charge is 2.72. The Morgan fingerprint density at radius 3 is 2.49 bits per heavy atom. The average molecular weight is 699 g/mol. The van der Waals surface area contributed by atoms with Crippen LogP contribution in [-0.2, 0) is 14.3 Å². The first-order chi connectivity index (χ1) is 22.8. The predicted octanol–water partition coefficient (Wildman–Crippen LogP) is 8.28. The lowest BCUT2D eigenvalue weighted by Crippen LogP contribution is -2.69. The fraction of sp³-hybridized carbons (Fsp3) is 0.875. The van der Waals surface area contributed by atoms with Gasteiger partial charge in [0.15, 0.2) is 5.16 Å². The number of hydrogen-bond acceptors (Lipinski definition) is 7. The van der Waals surface area contributed by atoms with Gasteiger partial charge in [0.25, 0.3) is 0 Å². The minimum absolute atomic E-state index is 0.0151. The Morgan fingerprint density at radius 1 is 1.14 bits per heavy atom. The molecule has 3 N–H and O–H groups in total. The third-order valence-electron chi connectivity index (χ3n) is 16.1. The summed E-state index contributed by atoms with van der Waals surface area (Å²) in [4.78, 5) is 18.2. The highest BCUT2D eigenvalue weighted by molar-refractivity contribution is 7.99. The van der Waals surface area contributed by atoms with Crippen molar-refractivity contribution >= 4 is 17.7 Å². The molecule has 4 fully saturated rings. The molecule has 6 rings (SSSR count). The lowest BCUT2D eigenvalue weighted by Gasteiger charge is -2.71. The molecule has 1 aromatic rings. The van der Waals surface area contributed by atoms with Crippen LogP contribution in [-0.4, -0.2) is 63.1 Å². The summed E-state index contributed by atoms with van der Waals surface area (Å²) in [5.74, 6) is 1.65. The second kappa shape index (κ2) is 12.6. The van der Waals surface area contributed by atoms with E-state index in [4.69, 9.17) is 25.3 Å². The molecule has 2 heterocycles. The predicted molar refractivity (Wildman–Crippen MR) is 196 cm³/mol. The number of nitrogens with zero attached hydrogens (tertiary/aromatic N) is 3. The molecule has 12 atom stereocenters. The van der Waals surface area contributed by atoms with E-state index in [1.165, 1.54) is 0 Å². The monoisotopic (exact) mass is 698 g/mol. The summed E-state index contributed by atoms with van der Waals surface area (Å²) in [5, 5.41) is 16.9. The molecule has 1 saturated heterocycles. The van der Waals surface area contributed by atoms with Crippen molar-refractivity contribution in [2.45, 2.75) is 138 Å². The Balaban J connectivity index is 1.46. The molecule has 0 radical (unpaired) electrons. The van der Waals surface area contributed by atoms with Crippen LogP contribution in [0.4, 0.5) is 0 Å². The second-order valence-electron chi connectivity index (χ2n) is 18.9. The van der Waals surface area contributed by atoms with E-state index in [0.29, 0.717) is 43.5 Å². The van der Waals surface area contributed by atoms with E-state index >= 15 is 0 Å². The maximum atomic E-state index is 13.5. The molecule has 0 amide bonds. The van der Waals surface area contributed by atoms with Crippen molar-refractivity contribution in [3.63, 3.8) is 0 Å². The molecule has 0 aromatic carbocycles. The summed E-state index contributed by atoms with van der Waals surface area (Å²) in [6.07, 6.45) is 9.96. The number of ether oxygens (including phenoxy) is 2. The Labute approximate surface area is 300 Å². The molecule has 8 nitrogen and oxygen atoms in total. The van der Waals surface area contributed by atoms with E-state index in [9.17, 15) is 9.90 Å². The number of nitrogens with two attached hydrogens (primary N) is 1. The van der Waals surface area contributed by atoms with Crippen molar-refractivity contribution in [2.75, 3.05) is 25.6 Å². The minimum Gasteiger partial charge on any atom is -0.481 e. The number of rotatable bonds is 10. The van der Waals surface area contributed by atoms with Gasteiger partial charge in [-0.2, -0.15) is 5.10 Å². The number of hydrogen-bond donors (Lipinski definition) is 2. The van der Waals surface area contributed by atoms with Crippen molar-refractivity contribution in [3.8, 4) is 0 Å². The van der Waals surface area contributed by atoms with E-state index in [2.05, 4.69) is 86.9 Å². The van der Waals surface area contributed by atoms with E-state index < -0.39 is 17.4 Å². The van der Waals surface area contributed by atoms with Gasteiger partial charge in [0, 0.05) is 16.4 Å². The van der Waals surface area contributed by atoms with Crippen molar-refractivity contribution < 1.29 is 19.4 Å². The van der Waals surface area contributed by atoms with Crippen LogP contribution in [0.25, 0.3) is 0 Å². The molecule has 0 unspecified atom stereocenters. The zero-order valence-corrected chi connectivity index (χ0v) is 33.2. The second-order valence-corrected chi connectivity index (χ2v) is 20.2. The number of thioether (sulfide) groups is 1. The van der Waals surface area contributed by atoms with Crippen LogP contribution < -0.4 is 5.73 Å². The van der Waals surface area contributed by atoms with Gasteiger partial charge in [-0.15, -0.1) is 0 Å². The largest absolute Gasteiger partial charge is 0.481 e. The lowest BCUT2D eigenvalue weighted by molar-refractivity contribution is -0.253. The van der Waals surface area contributed by atoms with Crippen molar-refractivity contribution in [3.05, 3.63) is 18.0 Å². The highest BCUT2D eigenvalue weighted by atomic mass is 32.2. The van der Waals surface area contributed by atoms with Crippen LogP contribution in [0.2, 0.25) is 0 Å². The summed E-state index contributed by atoms with van der Waals surface area (Å²) < 4.78 is 16.0. The number of allylic oxidation sites excluding steroid dienone is 1. The van der Waals surface area contributed by atoms with E-state index in [1.807, 2.05) is 0 Å². The fourth-order valence-electron chi connectivity index (χ4n) is 12.3. The first-order valence-electron chi connectivity index (χ1n) is 19.3. The van der Waals surface area contributed by atoms with Gasteiger partial charge in [0.2, 0.25) is 0 Å². The summed E-state index contributed by atoms with van der Waals surface area (Å²) in [6, 6.07) is -0.0151. The number of aliphatic carboxylic acids is 1. The molecule has 1 aromatic heterocycles. The number of carboxylic acid groups (broad SMARTS) is 1. The molecular weight excluding hydrogens is 633 g/mol. The van der Waals surface area contributed by atoms with Gasteiger partial charge >= 0.3 is 5.97 Å². The van der Waals surface area contributed by atoms with Crippen molar-refractivity contribution in [1.29, 1.82) is 0 Å². The summed E-state index contributed by atoms with van der Waals surface area (Å²) in [6.45, 7) is 26.7. The molecule has 9 heteroatoms. The SMILES string of the molecule is CCSc1ncnn1[C@@H]1C[C@@]23COC[C@](C)([C@@H]2CC[C@H]2C3=CC[C@@]3(C)[C@H](C(=O)O)[C@@](C)([C@H](C)C(C)C)CC[C@]23C)[C@H]1OC[C@](C)(N)C(C)C. The summed E-state index contributed by atoms with van der Waals surface area (Å²) >= 11 is 1.74. The smallest absolute Gasteiger partial charge is 0.307 e. The van der Waals surface area contributed by atoms with Gasteiger partial charge < -0.3 is 20.3 Å². The van der Waals surface area contributed by atoms with Crippen LogP contribution in [0.15, 0.2) is 23.1 Å². The van der Waals surface area contributed by atoms with Gasteiger partial charge in [-0.05, 0) is 97.0 Å². The molecule has 3 saturated carbocycles. The molecule has 276 valence electrons. The molecule has 2 bridgehead atoms. The number of carbonyl (C=O) groups is 1. The van der Waals surface area contributed by atoms with E-state index in [-0.39, 0.29) is 45.1 Å². The molecule has 0 spiro atoms. The highest BCUT2D eigenvalue weighted by Crippen LogP contribution is 2.75. The molecule has 4 aliphatic carbocycles. The van der Waals surface area contributed by atoms with Gasteiger partial charge in [0.05, 0.1) is 37.9 Å². The molecule has 49 heavy (non-hydrogen) atoms. The number of aromatic nitrogens is 3. The Kier molecular flexibility index (Phi) is 9.61. The first-order valence-corrected chi connectivity index (χ1v) is 20.3. The summed E-state index contributed by atoms with van der Waals surface area (Å²) in [7, 11) is 0. The maximum Gasteiger partial charge on any atom is 0.307 e. The topological polar surface area (TPSA) is 112 Å². The maximum absolute atomic E-state index is 13.5. The van der Waals surface area contributed by atoms with Gasteiger partial charge in [-0.25, -0.2) is 9.67 Å². The molecule has 1 aliphatic heterocycles. The number of fused-ring (bicyclic) bond motifs is 3. The van der Waals surface area contributed by atoms with Crippen LogP contribution in [0, 0.1) is 62.6 Å². The number of carboxylic acids is 1. The van der Waals surface area contributed by atoms with E-state index in [0.717, 1.165) is 49.4 Å². The van der Waals surface area contributed by atoms with Gasteiger partial charge in [-0.1, -0.05) is 92.6 Å². The lowest BCUT2D eigenvalue weighted by atomic mass is 9.34. The Bertz CT molecular complexity index is 1440. The third-order valence-corrected chi connectivity index (χ3v) is 16.9. The Hall–Kier alpha value is -1.42. The van der Waals surface area contributed by atoms with Crippen molar-refractivity contribution in [2.24, 2.45) is 68.3 Å². The van der Waals surface area contributed by atoms with Crippen LogP contribution in [0.3, 0.4) is 0 Å². The summed E-state index contributed by atoms with van der Waals surface area (Å²) in [5.41, 5.74) is 6.79. The van der Waals surface area contributed by atoms with Gasteiger partial charge in [-0.3, -0.25) is 4.79 Å². The standard InChI is InChI=1S/C40H66N4O4S/c1-12-49-34-42-23-43-44(34)29-19-40-22-47-20-36(8,32(29)48-21-39(11,41)25(4)5)30(40)14-13-27-28(40)15-16-38(10)31(33(45)46)35(7,26(6)24(2)3)17-18-37(27,38)9/h15,23-27,29-32H,12-14,16-22,41H2,1-11H3,(H,45,46)/t26-,27+,29-,30+,31-,32+,35-,36-,37-,38+,39+,40+/m1/s1.